The van der Waals surface area contributed by atoms with Crippen molar-refractivity contribution in [3.8, 4) is 0 Å². The molecule has 0 aliphatic rings. The summed E-state index contributed by atoms with van der Waals surface area (Å²) in [4.78, 5) is 3.94. The lowest BCUT2D eigenvalue weighted by atomic mass is 10.3. The molecule has 0 aromatic heterocycles. The number of nitrogens with two attached hydrogens (primary N) is 1. The van der Waals surface area contributed by atoms with Gasteiger partial charge in [0.2, 0.25) is 0 Å². The fourth-order valence-corrected chi connectivity index (χ4v) is 0.356. The van der Waals surface area contributed by atoms with E-state index in [1.54, 1.807) is 0 Å². The minimum absolute atomic E-state index is 0.0422. The fourth-order valence-electron chi connectivity index (χ4n) is 0.356. The van der Waals surface area contributed by atoms with Gasteiger partial charge in [-0.25, -0.2) is 5.90 Å². The SMILES string of the molecule is NOCCCC(F)(F)F. The zero-order valence-corrected chi connectivity index (χ0v) is 4.74. The second kappa shape index (κ2) is 3.68. The van der Waals surface area contributed by atoms with Crippen LogP contribution in [-0.2, 0) is 4.84 Å². The Morgan fingerprint density at radius 3 is 2.22 bits per heavy atom. The quantitative estimate of drug-likeness (QED) is 0.476. The van der Waals surface area contributed by atoms with E-state index in [0.29, 0.717) is 0 Å². The maximum Gasteiger partial charge on any atom is 0.389 e. The molecule has 0 aliphatic heterocycles. The summed E-state index contributed by atoms with van der Waals surface area (Å²) in [5.74, 6) is 4.49. The van der Waals surface area contributed by atoms with Gasteiger partial charge in [-0.05, 0) is 6.42 Å². The Morgan fingerprint density at radius 2 is 1.89 bits per heavy atom. The van der Waals surface area contributed by atoms with Gasteiger partial charge in [0, 0.05) is 6.42 Å². The van der Waals surface area contributed by atoms with Crippen LogP contribution in [0.1, 0.15) is 12.8 Å². The summed E-state index contributed by atoms with van der Waals surface area (Å²) < 4.78 is 33.8. The van der Waals surface area contributed by atoms with Crippen LogP contribution in [0.15, 0.2) is 0 Å². The summed E-state index contributed by atoms with van der Waals surface area (Å²) >= 11 is 0. The Morgan fingerprint density at radius 1 is 1.33 bits per heavy atom. The number of alkyl halides is 3. The van der Waals surface area contributed by atoms with Crippen molar-refractivity contribution in [2.24, 2.45) is 5.90 Å². The van der Waals surface area contributed by atoms with Gasteiger partial charge >= 0.3 is 6.18 Å². The van der Waals surface area contributed by atoms with Gasteiger partial charge in [-0.15, -0.1) is 0 Å². The lowest BCUT2D eigenvalue weighted by molar-refractivity contribution is -0.137. The molecule has 0 heterocycles. The first kappa shape index (κ1) is 8.71. The van der Waals surface area contributed by atoms with E-state index in [0.717, 1.165) is 0 Å². The zero-order chi connectivity index (χ0) is 7.33. The van der Waals surface area contributed by atoms with Crippen molar-refractivity contribution in [3.05, 3.63) is 0 Å². The van der Waals surface area contributed by atoms with Crippen LogP contribution in [0.25, 0.3) is 0 Å². The van der Waals surface area contributed by atoms with Gasteiger partial charge in [0.05, 0.1) is 6.61 Å². The van der Waals surface area contributed by atoms with Crippen molar-refractivity contribution in [1.82, 2.24) is 0 Å². The first-order valence-corrected chi connectivity index (χ1v) is 2.44. The molecule has 0 rings (SSSR count). The summed E-state index contributed by atoms with van der Waals surface area (Å²) in [5, 5.41) is 0. The van der Waals surface area contributed by atoms with Crippen molar-refractivity contribution in [2.45, 2.75) is 19.0 Å². The van der Waals surface area contributed by atoms with Gasteiger partial charge in [0.1, 0.15) is 0 Å². The predicted octanol–water partition coefficient (Wildman–Crippen LogP) is 1.22. The first-order chi connectivity index (χ1) is 4.06. The molecule has 0 saturated heterocycles. The molecular weight excluding hydrogens is 135 g/mol. The van der Waals surface area contributed by atoms with Gasteiger partial charge in [0.25, 0.3) is 0 Å². The van der Waals surface area contributed by atoms with Gasteiger partial charge in [-0.3, -0.25) is 0 Å². The van der Waals surface area contributed by atoms with Crippen molar-refractivity contribution >= 4 is 0 Å². The van der Waals surface area contributed by atoms with Crippen LogP contribution in [0.2, 0.25) is 0 Å². The van der Waals surface area contributed by atoms with E-state index in [4.69, 9.17) is 0 Å². The molecule has 0 spiro atoms. The highest BCUT2D eigenvalue weighted by Gasteiger charge is 2.25. The minimum Gasteiger partial charge on any atom is -0.305 e. The van der Waals surface area contributed by atoms with E-state index in [1.807, 2.05) is 0 Å². The Hall–Kier alpha value is -0.290. The number of halogens is 3. The third-order valence-electron chi connectivity index (χ3n) is 0.722. The molecule has 0 bridgehead atoms. The van der Waals surface area contributed by atoms with Crippen molar-refractivity contribution in [2.75, 3.05) is 6.61 Å². The Kier molecular flexibility index (Phi) is 3.56. The van der Waals surface area contributed by atoms with E-state index in [1.165, 1.54) is 0 Å². The monoisotopic (exact) mass is 143 g/mol. The van der Waals surface area contributed by atoms with Gasteiger partial charge in [-0.2, -0.15) is 13.2 Å². The topological polar surface area (TPSA) is 35.2 Å². The molecule has 0 aromatic carbocycles. The van der Waals surface area contributed by atoms with Gasteiger partial charge in [-0.1, -0.05) is 0 Å². The van der Waals surface area contributed by atoms with Crippen LogP contribution >= 0.6 is 0 Å². The van der Waals surface area contributed by atoms with Crippen LogP contribution in [0.4, 0.5) is 13.2 Å². The summed E-state index contributed by atoms with van der Waals surface area (Å²) in [6, 6.07) is 0. The second-order valence-electron chi connectivity index (χ2n) is 1.59. The highest BCUT2D eigenvalue weighted by molar-refractivity contribution is 4.48. The lowest BCUT2D eigenvalue weighted by Crippen LogP contribution is -2.10. The number of rotatable bonds is 3. The van der Waals surface area contributed by atoms with Crippen molar-refractivity contribution in [3.63, 3.8) is 0 Å². The number of hydrogen-bond acceptors (Lipinski definition) is 2. The van der Waals surface area contributed by atoms with Crippen LogP contribution in [0, 0.1) is 0 Å². The predicted molar refractivity (Wildman–Crippen MR) is 25.4 cm³/mol. The maximum absolute atomic E-state index is 11.3. The summed E-state index contributed by atoms with van der Waals surface area (Å²) in [6.45, 7) is -0.0422. The molecule has 0 unspecified atom stereocenters. The Balaban J connectivity index is 3.07. The fraction of sp³-hybridized carbons (Fsp3) is 1.00. The minimum atomic E-state index is -4.08. The molecule has 0 amide bonds. The molecule has 0 saturated carbocycles. The Labute approximate surface area is 50.7 Å². The molecular formula is C4H8F3NO. The normalized spacial score (nSPS) is 12.0. The van der Waals surface area contributed by atoms with Gasteiger partial charge in [0.15, 0.2) is 0 Å². The van der Waals surface area contributed by atoms with Crippen molar-refractivity contribution < 1.29 is 18.0 Å². The van der Waals surface area contributed by atoms with Crippen LogP contribution in [0.3, 0.4) is 0 Å². The average Bonchev–Trinajstić information content (AvgIpc) is 1.63. The standard InChI is InChI=1S/C4H8F3NO/c5-4(6,7)2-1-3-9-8/h1-3,8H2. The molecule has 2 N–H and O–H groups in total. The molecule has 56 valence electrons. The number of hydrogen-bond donors (Lipinski definition) is 1. The lowest BCUT2D eigenvalue weighted by Gasteiger charge is -2.03. The average molecular weight is 143 g/mol. The van der Waals surface area contributed by atoms with Gasteiger partial charge < -0.3 is 4.84 Å². The molecule has 0 aromatic rings. The molecule has 0 fully saturated rings. The van der Waals surface area contributed by atoms with Crippen LogP contribution < -0.4 is 5.90 Å². The van der Waals surface area contributed by atoms with Crippen LogP contribution in [-0.4, -0.2) is 12.8 Å². The molecule has 0 radical (unpaired) electrons. The maximum atomic E-state index is 11.3. The largest absolute Gasteiger partial charge is 0.389 e. The highest BCUT2D eigenvalue weighted by atomic mass is 19.4. The van der Waals surface area contributed by atoms with E-state index >= 15 is 0 Å². The van der Waals surface area contributed by atoms with E-state index in [9.17, 15) is 13.2 Å². The third kappa shape index (κ3) is 7.71. The summed E-state index contributed by atoms with van der Waals surface area (Å²) in [7, 11) is 0. The summed E-state index contributed by atoms with van der Waals surface area (Å²) in [6.07, 6.45) is -4.98. The molecule has 5 heteroatoms. The van der Waals surface area contributed by atoms with Crippen molar-refractivity contribution in [1.29, 1.82) is 0 Å². The van der Waals surface area contributed by atoms with Crippen LogP contribution in [0.5, 0.6) is 0 Å². The first-order valence-electron chi connectivity index (χ1n) is 2.44. The van der Waals surface area contributed by atoms with E-state index in [-0.39, 0.29) is 13.0 Å². The Bertz CT molecular complexity index is 72.7. The molecule has 0 atom stereocenters. The molecule has 0 aliphatic carbocycles. The smallest absolute Gasteiger partial charge is 0.305 e. The van der Waals surface area contributed by atoms with E-state index in [2.05, 4.69) is 10.7 Å². The third-order valence-corrected chi connectivity index (χ3v) is 0.722. The highest BCUT2D eigenvalue weighted by Crippen LogP contribution is 2.20. The van der Waals surface area contributed by atoms with E-state index < -0.39 is 12.6 Å². The molecule has 2 nitrogen and oxygen atoms in total. The zero-order valence-electron chi connectivity index (χ0n) is 4.74. The molecule has 9 heavy (non-hydrogen) atoms. The second-order valence-corrected chi connectivity index (χ2v) is 1.59. The summed E-state index contributed by atoms with van der Waals surface area (Å²) in [5.41, 5.74) is 0.